The molecule has 1 saturated heterocycles. The zero-order valence-electron chi connectivity index (χ0n) is 9.79. The van der Waals surface area contributed by atoms with Gasteiger partial charge in [0.15, 0.2) is 0 Å². The number of ether oxygens (including phenoxy) is 1. The lowest BCUT2D eigenvalue weighted by Crippen LogP contribution is -2.24. The van der Waals surface area contributed by atoms with Gasteiger partial charge in [-0.05, 0) is 51.0 Å². The van der Waals surface area contributed by atoms with Crippen LogP contribution >= 0.6 is 11.6 Å². The van der Waals surface area contributed by atoms with Crippen molar-refractivity contribution in [1.82, 2.24) is 0 Å². The van der Waals surface area contributed by atoms with Gasteiger partial charge in [0.2, 0.25) is 0 Å². The molecule has 0 spiro atoms. The number of benzene rings is 1. The SMILES string of the molecule is CC1(C)CCC(CNc2ccc(Cl)cc2)O1. The summed E-state index contributed by atoms with van der Waals surface area (Å²) in [5.41, 5.74) is 1.14. The Morgan fingerprint density at radius 2 is 2.06 bits per heavy atom. The summed E-state index contributed by atoms with van der Waals surface area (Å²) < 4.78 is 5.91. The van der Waals surface area contributed by atoms with E-state index in [2.05, 4.69) is 19.2 Å². The van der Waals surface area contributed by atoms with Crippen molar-refractivity contribution in [2.75, 3.05) is 11.9 Å². The van der Waals surface area contributed by atoms with Gasteiger partial charge < -0.3 is 10.1 Å². The summed E-state index contributed by atoms with van der Waals surface area (Å²) in [5.74, 6) is 0. The second-order valence-corrected chi connectivity index (χ2v) is 5.36. The summed E-state index contributed by atoms with van der Waals surface area (Å²) in [6.07, 6.45) is 2.60. The molecule has 1 aliphatic rings. The number of nitrogens with one attached hydrogen (secondary N) is 1. The van der Waals surface area contributed by atoms with Crippen LogP contribution in [0, 0.1) is 0 Å². The lowest BCUT2D eigenvalue weighted by Gasteiger charge is -2.19. The van der Waals surface area contributed by atoms with Crippen LogP contribution in [0.1, 0.15) is 26.7 Å². The Morgan fingerprint density at radius 3 is 2.62 bits per heavy atom. The summed E-state index contributed by atoms with van der Waals surface area (Å²) >= 11 is 5.82. The second-order valence-electron chi connectivity index (χ2n) is 4.93. The van der Waals surface area contributed by atoms with Crippen molar-refractivity contribution >= 4 is 17.3 Å². The first-order valence-electron chi connectivity index (χ1n) is 5.72. The highest BCUT2D eigenvalue weighted by molar-refractivity contribution is 6.30. The number of halogens is 1. The van der Waals surface area contributed by atoms with Crippen molar-refractivity contribution in [2.24, 2.45) is 0 Å². The van der Waals surface area contributed by atoms with Gasteiger partial charge in [-0.2, -0.15) is 0 Å². The van der Waals surface area contributed by atoms with E-state index >= 15 is 0 Å². The predicted octanol–water partition coefficient (Wildman–Crippen LogP) is 3.71. The maximum atomic E-state index is 5.91. The molecule has 1 unspecified atom stereocenters. The standard InChI is InChI=1S/C13H18ClNO/c1-13(2)8-7-12(16-13)9-15-11-5-3-10(14)4-6-11/h3-6,12,15H,7-9H2,1-2H3. The fraction of sp³-hybridized carbons (Fsp3) is 0.538. The minimum absolute atomic E-state index is 0.0480. The van der Waals surface area contributed by atoms with E-state index in [0.717, 1.165) is 30.1 Å². The van der Waals surface area contributed by atoms with Crippen LogP contribution in [-0.2, 0) is 4.74 Å². The number of anilines is 1. The van der Waals surface area contributed by atoms with Crippen LogP contribution in [0.4, 0.5) is 5.69 Å². The fourth-order valence-corrected chi connectivity index (χ4v) is 2.15. The third-order valence-electron chi connectivity index (χ3n) is 2.93. The maximum absolute atomic E-state index is 5.91. The van der Waals surface area contributed by atoms with E-state index in [9.17, 15) is 0 Å². The summed E-state index contributed by atoms with van der Waals surface area (Å²) in [7, 11) is 0. The van der Waals surface area contributed by atoms with E-state index in [0.29, 0.717) is 6.10 Å². The van der Waals surface area contributed by atoms with Crippen LogP contribution in [0.2, 0.25) is 5.02 Å². The van der Waals surface area contributed by atoms with Crippen LogP contribution in [-0.4, -0.2) is 18.2 Å². The lowest BCUT2D eigenvalue weighted by atomic mass is 10.1. The summed E-state index contributed by atoms with van der Waals surface area (Å²) in [6.45, 7) is 5.16. The van der Waals surface area contributed by atoms with E-state index in [-0.39, 0.29) is 5.60 Å². The van der Waals surface area contributed by atoms with Crippen molar-refractivity contribution in [2.45, 2.75) is 38.4 Å². The number of rotatable bonds is 3. The van der Waals surface area contributed by atoms with Gasteiger partial charge >= 0.3 is 0 Å². The van der Waals surface area contributed by atoms with Crippen molar-refractivity contribution < 1.29 is 4.74 Å². The molecule has 3 heteroatoms. The zero-order valence-corrected chi connectivity index (χ0v) is 10.6. The Labute approximate surface area is 102 Å². The molecule has 0 radical (unpaired) electrons. The van der Waals surface area contributed by atoms with Crippen molar-refractivity contribution in [3.05, 3.63) is 29.3 Å². The first-order chi connectivity index (χ1) is 7.55. The van der Waals surface area contributed by atoms with E-state index in [4.69, 9.17) is 16.3 Å². The molecular weight excluding hydrogens is 222 g/mol. The smallest absolute Gasteiger partial charge is 0.0755 e. The van der Waals surface area contributed by atoms with E-state index in [1.165, 1.54) is 0 Å². The molecule has 88 valence electrons. The van der Waals surface area contributed by atoms with Crippen molar-refractivity contribution in [3.8, 4) is 0 Å². The first kappa shape index (κ1) is 11.7. The Kier molecular flexibility index (Phi) is 3.41. The second kappa shape index (κ2) is 4.64. The van der Waals surface area contributed by atoms with Crippen LogP contribution in [0.3, 0.4) is 0 Å². The molecule has 0 aromatic heterocycles. The molecule has 1 fully saturated rings. The van der Waals surface area contributed by atoms with E-state index < -0.39 is 0 Å². The average Bonchev–Trinajstić information content (AvgIpc) is 2.58. The van der Waals surface area contributed by atoms with Crippen LogP contribution in [0.5, 0.6) is 0 Å². The third kappa shape index (κ3) is 3.13. The van der Waals surface area contributed by atoms with Crippen molar-refractivity contribution in [3.63, 3.8) is 0 Å². The van der Waals surface area contributed by atoms with Crippen LogP contribution < -0.4 is 5.32 Å². The fourth-order valence-electron chi connectivity index (χ4n) is 2.02. The Balaban J connectivity index is 1.82. The molecular formula is C13H18ClNO. The maximum Gasteiger partial charge on any atom is 0.0755 e. The summed E-state index contributed by atoms with van der Waals surface area (Å²) in [6, 6.07) is 7.76. The molecule has 0 amide bonds. The molecule has 1 aliphatic heterocycles. The highest BCUT2D eigenvalue weighted by atomic mass is 35.5. The summed E-state index contributed by atoms with van der Waals surface area (Å²) in [5, 5.41) is 4.14. The van der Waals surface area contributed by atoms with Gasteiger partial charge in [0, 0.05) is 17.3 Å². The Bertz CT molecular complexity index is 347. The largest absolute Gasteiger partial charge is 0.382 e. The van der Waals surface area contributed by atoms with Gasteiger partial charge in [0.05, 0.1) is 11.7 Å². The Hall–Kier alpha value is -0.730. The van der Waals surface area contributed by atoms with Crippen molar-refractivity contribution in [1.29, 1.82) is 0 Å². The normalized spacial score (nSPS) is 23.3. The van der Waals surface area contributed by atoms with E-state index in [1.807, 2.05) is 24.3 Å². The third-order valence-corrected chi connectivity index (χ3v) is 3.18. The van der Waals surface area contributed by atoms with Gasteiger partial charge in [0.25, 0.3) is 0 Å². The highest BCUT2D eigenvalue weighted by Gasteiger charge is 2.31. The topological polar surface area (TPSA) is 21.3 Å². The molecule has 0 bridgehead atoms. The van der Waals surface area contributed by atoms with Gasteiger partial charge in [-0.1, -0.05) is 11.6 Å². The number of hydrogen-bond acceptors (Lipinski definition) is 2. The minimum Gasteiger partial charge on any atom is -0.382 e. The minimum atomic E-state index is 0.0480. The molecule has 1 aromatic rings. The van der Waals surface area contributed by atoms with Crippen LogP contribution in [0.15, 0.2) is 24.3 Å². The summed E-state index contributed by atoms with van der Waals surface area (Å²) in [4.78, 5) is 0. The van der Waals surface area contributed by atoms with Gasteiger partial charge in [0.1, 0.15) is 0 Å². The molecule has 1 heterocycles. The zero-order chi connectivity index (χ0) is 11.6. The van der Waals surface area contributed by atoms with E-state index in [1.54, 1.807) is 0 Å². The molecule has 0 aliphatic carbocycles. The Morgan fingerprint density at radius 1 is 1.38 bits per heavy atom. The average molecular weight is 240 g/mol. The van der Waals surface area contributed by atoms with Gasteiger partial charge in [-0.25, -0.2) is 0 Å². The molecule has 1 aromatic carbocycles. The van der Waals surface area contributed by atoms with Gasteiger partial charge in [-0.3, -0.25) is 0 Å². The predicted molar refractivity (Wildman–Crippen MR) is 68.1 cm³/mol. The lowest BCUT2D eigenvalue weighted by molar-refractivity contribution is -0.00910. The monoisotopic (exact) mass is 239 g/mol. The quantitative estimate of drug-likeness (QED) is 0.868. The molecule has 2 nitrogen and oxygen atoms in total. The molecule has 16 heavy (non-hydrogen) atoms. The van der Waals surface area contributed by atoms with Gasteiger partial charge in [-0.15, -0.1) is 0 Å². The molecule has 1 N–H and O–H groups in total. The molecule has 1 atom stereocenters. The number of hydrogen-bond donors (Lipinski definition) is 1. The van der Waals surface area contributed by atoms with Crippen LogP contribution in [0.25, 0.3) is 0 Å². The first-order valence-corrected chi connectivity index (χ1v) is 6.10. The molecule has 2 rings (SSSR count). The molecule has 0 saturated carbocycles. The highest BCUT2D eigenvalue weighted by Crippen LogP contribution is 2.29.